The van der Waals surface area contributed by atoms with Crippen molar-refractivity contribution in [1.29, 1.82) is 0 Å². The zero-order valence-electron chi connectivity index (χ0n) is 21.7. The average Bonchev–Trinajstić information content (AvgIpc) is 2.92. The fraction of sp³-hybridized carbons (Fsp3) is 0.375. The molecule has 3 aromatic carbocycles. The van der Waals surface area contributed by atoms with Crippen molar-refractivity contribution < 1.29 is 27.4 Å². The van der Waals surface area contributed by atoms with Crippen molar-refractivity contribution >= 4 is 0 Å². The standard InChI is InChI=1S/C32H34F4O2/c1-3-4-19-38-28-18-17-27(31(35)32(28)36)23-8-5-21(6-9-23)7-10-25-15-16-26(30(34)29(25)33)24-13-11-22(12-14-24)20(2)37/h3,11-18,20-21,23,37H,1,4-10,19H2,2H3. The van der Waals surface area contributed by atoms with E-state index in [1.165, 1.54) is 6.07 Å². The van der Waals surface area contributed by atoms with Crippen LogP contribution in [0, 0.1) is 29.2 Å². The Morgan fingerprint density at radius 3 is 2.26 bits per heavy atom. The van der Waals surface area contributed by atoms with E-state index >= 15 is 0 Å². The van der Waals surface area contributed by atoms with E-state index < -0.39 is 29.4 Å². The van der Waals surface area contributed by atoms with Crippen molar-refractivity contribution in [2.45, 2.75) is 63.9 Å². The summed E-state index contributed by atoms with van der Waals surface area (Å²) in [5, 5.41) is 9.65. The summed E-state index contributed by atoms with van der Waals surface area (Å²) in [6, 6.07) is 13.1. The van der Waals surface area contributed by atoms with Crippen LogP contribution in [0.1, 0.15) is 74.2 Å². The maximum atomic E-state index is 14.9. The molecule has 3 aromatic rings. The molecule has 2 nitrogen and oxygen atoms in total. The molecule has 1 unspecified atom stereocenters. The SMILES string of the molecule is C=CCCOc1ccc(C2CCC(CCc3ccc(-c4ccc(C(C)O)cc4)c(F)c3F)CC2)c(F)c1F. The molecular weight excluding hydrogens is 492 g/mol. The average molecular weight is 527 g/mol. The van der Waals surface area contributed by atoms with Crippen molar-refractivity contribution in [1.82, 2.24) is 0 Å². The Bertz CT molecular complexity index is 1250. The predicted octanol–water partition coefficient (Wildman–Crippen LogP) is 8.82. The molecule has 0 heterocycles. The van der Waals surface area contributed by atoms with E-state index in [9.17, 15) is 22.7 Å². The van der Waals surface area contributed by atoms with Crippen LogP contribution in [0.5, 0.6) is 5.75 Å². The van der Waals surface area contributed by atoms with Gasteiger partial charge in [0.1, 0.15) is 0 Å². The molecular formula is C32H34F4O2. The highest BCUT2D eigenvalue weighted by atomic mass is 19.2. The number of aryl methyl sites for hydroxylation is 1. The van der Waals surface area contributed by atoms with Crippen molar-refractivity contribution in [3.8, 4) is 16.9 Å². The first-order valence-corrected chi connectivity index (χ1v) is 13.3. The van der Waals surface area contributed by atoms with Crippen LogP contribution in [0.2, 0.25) is 0 Å². The van der Waals surface area contributed by atoms with Gasteiger partial charge in [0.25, 0.3) is 0 Å². The third-order valence-corrected chi connectivity index (χ3v) is 7.63. The molecule has 1 atom stereocenters. The van der Waals surface area contributed by atoms with Crippen molar-refractivity contribution in [3.63, 3.8) is 0 Å². The van der Waals surface area contributed by atoms with E-state index in [0.29, 0.717) is 47.4 Å². The molecule has 4 rings (SSSR count). The van der Waals surface area contributed by atoms with Crippen LogP contribution in [0.3, 0.4) is 0 Å². The summed E-state index contributed by atoms with van der Waals surface area (Å²) in [7, 11) is 0. The maximum Gasteiger partial charge on any atom is 0.200 e. The third kappa shape index (κ3) is 6.29. The van der Waals surface area contributed by atoms with Gasteiger partial charge in [-0.3, -0.25) is 0 Å². The lowest BCUT2D eigenvalue weighted by Gasteiger charge is -2.29. The van der Waals surface area contributed by atoms with Gasteiger partial charge in [0.2, 0.25) is 5.82 Å². The van der Waals surface area contributed by atoms with Gasteiger partial charge in [-0.05, 0) is 92.0 Å². The molecule has 0 bridgehead atoms. The van der Waals surface area contributed by atoms with E-state index in [2.05, 4.69) is 6.58 Å². The lowest BCUT2D eigenvalue weighted by Crippen LogP contribution is -2.16. The summed E-state index contributed by atoms with van der Waals surface area (Å²) >= 11 is 0. The minimum Gasteiger partial charge on any atom is -0.490 e. The van der Waals surface area contributed by atoms with Gasteiger partial charge in [0.05, 0.1) is 12.7 Å². The van der Waals surface area contributed by atoms with E-state index in [4.69, 9.17) is 4.74 Å². The van der Waals surface area contributed by atoms with Crippen molar-refractivity contribution in [2.24, 2.45) is 5.92 Å². The Morgan fingerprint density at radius 2 is 1.61 bits per heavy atom. The lowest BCUT2D eigenvalue weighted by atomic mass is 9.76. The van der Waals surface area contributed by atoms with Crippen molar-refractivity contribution in [2.75, 3.05) is 6.61 Å². The first-order valence-electron chi connectivity index (χ1n) is 13.3. The van der Waals surface area contributed by atoms with Gasteiger partial charge in [-0.15, -0.1) is 6.58 Å². The quantitative estimate of drug-likeness (QED) is 0.162. The van der Waals surface area contributed by atoms with Crippen LogP contribution in [0.25, 0.3) is 11.1 Å². The zero-order chi connectivity index (χ0) is 27.2. The van der Waals surface area contributed by atoms with Crippen LogP contribution in [0.4, 0.5) is 17.6 Å². The van der Waals surface area contributed by atoms with Gasteiger partial charge in [0.15, 0.2) is 23.2 Å². The van der Waals surface area contributed by atoms with Crippen LogP contribution in [0.15, 0.2) is 61.2 Å². The summed E-state index contributed by atoms with van der Waals surface area (Å²) in [6.45, 7) is 5.48. The van der Waals surface area contributed by atoms with Gasteiger partial charge in [0, 0.05) is 5.56 Å². The molecule has 6 heteroatoms. The van der Waals surface area contributed by atoms with E-state index in [-0.39, 0.29) is 23.8 Å². The van der Waals surface area contributed by atoms with Gasteiger partial charge >= 0.3 is 0 Å². The molecule has 0 radical (unpaired) electrons. The summed E-state index contributed by atoms with van der Waals surface area (Å²) in [6.07, 6.45) is 5.77. The number of aliphatic hydroxyl groups is 1. The highest BCUT2D eigenvalue weighted by Crippen LogP contribution is 2.40. The predicted molar refractivity (Wildman–Crippen MR) is 142 cm³/mol. The monoisotopic (exact) mass is 526 g/mol. The second-order valence-electron chi connectivity index (χ2n) is 10.2. The Hall–Kier alpha value is -3.12. The first kappa shape index (κ1) is 27.9. The van der Waals surface area contributed by atoms with Gasteiger partial charge in [-0.25, -0.2) is 13.2 Å². The minimum atomic E-state index is -0.950. The molecule has 1 aliphatic rings. The summed E-state index contributed by atoms with van der Waals surface area (Å²) in [4.78, 5) is 0. The van der Waals surface area contributed by atoms with E-state index in [0.717, 1.165) is 25.7 Å². The Balaban J connectivity index is 1.34. The molecule has 0 aromatic heterocycles. The Labute approximate surface area is 222 Å². The molecule has 0 aliphatic heterocycles. The third-order valence-electron chi connectivity index (χ3n) is 7.63. The summed E-state index contributed by atoms with van der Waals surface area (Å²) < 4.78 is 64.3. The normalized spacial score (nSPS) is 18.3. The molecule has 202 valence electrons. The molecule has 1 N–H and O–H groups in total. The first-order chi connectivity index (χ1) is 18.3. The number of ether oxygens (including phenoxy) is 1. The number of aliphatic hydroxyl groups excluding tert-OH is 1. The molecule has 1 saturated carbocycles. The van der Waals surface area contributed by atoms with Crippen LogP contribution in [-0.4, -0.2) is 11.7 Å². The lowest BCUT2D eigenvalue weighted by molar-refractivity contribution is 0.199. The van der Waals surface area contributed by atoms with Gasteiger partial charge in [-0.1, -0.05) is 48.5 Å². The molecule has 1 aliphatic carbocycles. The number of benzene rings is 3. The highest BCUT2D eigenvalue weighted by Gasteiger charge is 2.27. The second-order valence-corrected chi connectivity index (χ2v) is 10.2. The fourth-order valence-corrected chi connectivity index (χ4v) is 5.29. The Morgan fingerprint density at radius 1 is 0.895 bits per heavy atom. The number of hydrogen-bond acceptors (Lipinski definition) is 2. The van der Waals surface area contributed by atoms with Crippen LogP contribution < -0.4 is 4.74 Å². The number of rotatable bonds is 10. The molecule has 1 fully saturated rings. The van der Waals surface area contributed by atoms with E-state index in [1.807, 2.05) is 0 Å². The molecule has 0 spiro atoms. The second kappa shape index (κ2) is 12.6. The minimum absolute atomic E-state index is 0.0725. The molecule has 0 saturated heterocycles. The van der Waals surface area contributed by atoms with Crippen LogP contribution >= 0.6 is 0 Å². The maximum absolute atomic E-state index is 14.9. The fourth-order valence-electron chi connectivity index (χ4n) is 5.29. The smallest absolute Gasteiger partial charge is 0.200 e. The van der Waals surface area contributed by atoms with Crippen LogP contribution in [-0.2, 0) is 6.42 Å². The summed E-state index contributed by atoms with van der Waals surface area (Å²) in [5.74, 6) is -3.34. The topological polar surface area (TPSA) is 29.5 Å². The van der Waals surface area contributed by atoms with Gasteiger partial charge in [-0.2, -0.15) is 4.39 Å². The Kier molecular flexibility index (Phi) is 9.26. The van der Waals surface area contributed by atoms with E-state index in [1.54, 1.807) is 55.5 Å². The number of hydrogen-bond donors (Lipinski definition) is 1. The zero-order valence-corrected chi connectivity index (χ0v) is 21.7. The highest BCUT2D eigenvalue weighted by molar-refractivity contribution is 5.65. The largest absolute Gasteiger partial charge is 0.490 e. The summed E-state index contributed by atoms with van der Waals surface area (Å²) in [5.41, 5.74) is 2.17. The van der Waals surface area contributed by atoms with Gasteiger partial charge < -0.3 is 9.84 Å². The molecule has 38 heavy (non-hydrogen) atoms. The number of halogens is 4. The van der Waals surface area contributed by atoms with Crippen molar-refractivity contribution in [3.05, 3.63) is 101 Å². The molecule has 0 amide bonds.